The average Bonchev–Trinajstić information content (AvgIpc) is 2.61. The van der Waals surface area contributed by atoms with Crippen LogP contribution in [0.5, 0.6) is 11.5 Å². The number of nitriles is 1. The average molecular weight is 354 g/mol. The van der Waals surface area contributed by atoms with Gasteiger partial charge in [0.2, 0.25) is 17.1 Å². The first-order valence-electron chi connectivity index (χ1n) is 8.06. The zero-order chi connectivity index (χ0) is 18.8. The lowest BCUT2D eigenvalue weighted by Crippen LogP contribution is -2.25. The lowest BCUT2D eigenvalue weighted by Gasteiger charge is -2.25. The molecule has 7 nitrogen and oxygen atoms in total. The van der Waals surface area contributed by atoms with Crippen LogP contribution in [-0.2, 0) is 6.61 Å². The van der Waals surface area contributed by atoms with E-state index in [9.17, 15) is 15.2 Å². The van der Waals surface area contributed by atoms with Crippen molar-refractivity contribution in [1.82, 2.24) is 0 Å². The molecular weight excluding hydrogens is 336 g/mol. The van der Waals surface area contributed by atoms with Crippen molar-refractivity contribution in [2.75, 3.05) is 0 Å². The molecule has 0 spiro atoms. The molecule has 1 aliphatic rings. The van der Waals surface area contributed by atoms with E-state index in [1.54, 1.807) is 24.3 Å². The number of nitrogens with two attached hydrogens (primary N) is 1. The molecule has 0 unspecified atom stereocenters. The zero-order valence-electron chi connectivity index (χ0n) is 14.4. The molecule has 1 aliphatic heterocycles. The van der Waals surface area contributed by atoms with Crippen LogP contribution in [0.15, 0.2) is 51.0 Å². The van der Waals surface area contributed by atoms with Crippen molar-refractivity contribution < 1.29 is 19.0 Å². The highest BCUT2D eigenvalue weighted by molar-refractivity contribution is 5.52. The Morgan fingerprint density at radius 1 is 1.35 bits per heavy atom. The molecule has 3 rings (SSSR count). The van der Waals surface area contributed by atoms with E-state index < -0.39 is 18.0 Å². The van der Waals surface area contributed by atoms with Gasteiger partial charge in [0.05, 0.1) is 12.0 Å². The minimum absolute atomic E-state index is 0.0278. The van der Waals surface area contributed by atoms with E-state index in [0.29, 0.717) is 11.3 Å². The van der Waals surface area contributed by atoms with Gasteiger partial charge in [-0.1, -0.05) is 12.1 Å². The monoisotopic (exact) mass is 354 g/mol. The Bertz CT molecular complexity index is 951. The number of nitrogens with zero attached hydrogens (tertiary/aromatic N) is 1. The summed E-state index contributed by atoms with van der Waals surface area (Å²) < 4.78 is 16.6. The van der Waals surface area contributed by atoms with Crippen LogP contribution in [0.4, 0.5) is 0 Å². The van der Waals surface area contributed by atoms with Crippen molar-refractivity contribution in [3.05, 3.63) is 69.1 Å². The summed E-state index contributed by atoms with van der Waals surface area (Å²) in [4.78, 5) is 12.3. The van der Waals surface area contributed by atoms with E-state index in [1.807, 2.05) is 19.9 Å². The molecule has 7 heteroatoms. The second-order valence-electron chi connectivity index (χ2n) is 6.09. The first-order valence-corrected chi connectivity index (χ1v) is 8.06. The largest absolute Gasteiger partial charge is 0.491 e. The molecule has 0 aliphatic carbocycles. The summed E-state index contributed by atoms with van der Waals surface area (Å²) in [5, 5.41) is 18.9. The van der Waals surface area contributed by atoms with E-state index >= 15 is 0 Å². The van der Waals surface area contributed by atoms with E-state index in [1.165, 1.54) is 0 Å². The third kappa shape index (κ3) is 3.15. The fraction of sp³-hybridized carbons (Fsp3) is 0.263. The number of fused-ring (bicyclic) bond motifs is 1. The maximum Gasteiger partial charge on any atom is 0.228 e. The summed E-state index contributed by atoms with van der Waals surface area (Å²) in [5.41, 5.74) is 6.19. The van der Waals surface area contributed by atoms with Crippen LogP contribution in [0.3, 0.4) is 0 Å². The molecule has 3 N–H and O–H groups in total. The smallest absolute Gasteiger partial charge is 0.228 e. The predicted octanol–water partition coefficient (Wildman–Crippen LogP) is 2.14. The SMILES string of the molecule is CC(C)Oc1ccc([C@@H]2C(C#N)=C(N)Oc3c2oc(CO)cc3=O)cc1. The zero-order valence-corrected chi connectivity index (χ0v) is 14.4. The van der Waals surface area contributed by atoms with Crippen LogP contribution in [0.25, 0.3) is 0 Å². The molecule has 1 aromatic carbocycles. The Balaban J connectivity index is 2.14. The number of aliphatic hydroxyl groups is 1. The van der Waals surface area contributed by atoms with Crippen molar-refractivity contribution >= 4 is 0 Å². The Morgan fingerprint density at radius 2 is 2.04 bits per heavy atom. The maximum absolute atomic E-state index is 12.3. The summed E-state index contributed by atoms with van der Waals surface area (Å²) in [5.74, 6) is -0.0273. The van der Waals surface area contributed by atoms with Gasteiger partial charge in [-0.2, -0.15) is 5.26 Å². The normalized spacial score (nSPS) is 16.0. The molecular formula is C19H18N2O5. The van der Waals surface area contributed by atoms with Crippen molar-refractivity contribution in [3.8, 4) is 17.6 Å². The molecule has 1 aromatic heterocycles. The van der Waals surface area contributed by atoms with Crippen LogP contribution in [0, 0.1) is 11.3 Å². The lowest BCUT2D eigenvalue weighted by molar-refractivity contribution is 0.231. The predicted molar refractivity (Wildman–Crippen MR) is 92.4 cm³/mol. The van der Waals surface area contributed by atoms with Crippen LogP contribution in [0.1, 0.15) is 36.8 Å². The van der Waals surface area contributed by atoms with Gasteiger partial charge in [0.15, 0.2) is 5.76 Å². The van der Waals surface area contributed by atoms with Crippen molar-refractivity contribution in [3.63, 3.8) is 0 Å². The molecule has 0 saturated heterocycles. The van der Waals surface area contributed by atoms with Crippen LogP contribution in [0.2, 0.25) is 0 Å². The number of hydrogen-bond acceptors (Lipinski definition) is 7. The molecule has 1 atom stereocenters. The van der Waals surface area contributed by atoms with E-state index in [0.717, 1.165) is 6.07 Å². The Labute approximate surface area is 149 Å². The third-order valence-corrected chi connectivity index (χ3v) is 3.87. The van der Waals surface area contributed by atoms with Gasteiger partial charge in [0.25, 0.3) is 0 Å². The number of benzene rings is 1. The fourth-order valence-electron chi connectivity index (χ4n) is 2.81. The molecule has 0 amide bonds. The van der Waals surface area contributed by atoms with Gasteiger partial charge >= 0.3 is 0 Å². The second-order valence-corrected chi connectivity index (χ2v) is 6.09. The first-order chi connectivity index (χ1) is 12.4. The molecule has 134 valence electrons. The topological polar surface area (TPSA) is 119 Å². The Hall–Kier alpha value is -3.24. The number of aliphatic hydroxyl groups excluding tert-OH is 1. The Morgan fingerprint density at radius 3 is 2.62 bits per heavy atom. The molecule has 0 fully saturated rings. The summed E-state index contributed by atoms with van der Waals surface area (Å²) in [6, 6.07) is 10.2. The highest BCUT2D eigenvalue weighted by Gasteiger charge is 2.35. The third-order valence-electron chi connectivity index (χ3n) is 3.87. The summed E-state index contributed by atoms with van der Waals surface area (Å²) in [6.45, 7) is 3.40. The standard InChI is InChI=1S/C19H18N2O5/c1-10(2)24-12-5-3-11(4-6-12)16-14(8-20)19(21)26-17-15(23)7-13(9-22)25-18(16)17/h3-7,10,16,22H,9,21H2,1-2H3/t16-/m1/s1. The van der Waals surface area contributed by atoms with Gasteiger partial charge in [-0.3, -0.25) is 4.79 Å². The summed E-state index contributed by atoms with van der Waals surface area (Å²) >= 11 is 0. The van der Waals surface area contributed by atoms with Crippen molar-refractivity contribution in [2.24, 2.45) is 5.73 Å². The minimum Gasteiger partial charge on any atom is -0.491 e. The van der Waals surface area contributed by atoms with Crippen LogP contribution >= 0.6 is 0 Å². The molecule has 2 aromatic rings. The number of ether oxygens (including phenoxy) is 2. The van der Waals surface area contributed by atoms with E-state index in [-0.39, 0.29) is 34.8 Å². The molecule has 0 radical (unpaired) electrons. The van der Waals surface area contributed by atoms with Gasteiger partial charge in [-0.05, 0) is 31.5 Å². The maximum atomic E-state index is 12.3. The van der Waals surface area contributed by atoms with E-state index in [2.05, 4.69) is 0 Å². The van der Waals surface area contributed by atoms with Gasteiger partial charge in [-0.15, -0.1) is 0 Å². The number of hydrogen-bond donors (Lipinski definition) is 2. The highest BCUT2D eigenvalue weighted by atomic mass is 16.5. The quantitative estimate of drug-likeness (QED) is 0.863. The summed E-state index contributed by atoms with van der Waals surface area (Å²) in [6.07, 6.45) is 0.0278. The number of rotatable bonds is 4. The number of allylic oxidation sites excluding steroid dienone is 1. The summed E-state index contributed by atoms with van der Waals surface area (Å²) in [7, 11) is 0. The highest BCUT2D eigenvalue weighted by Crippen LogP contribution is 2.41. The van der Waals surface area contributed by atoms with Gasteiger partial charge < -0.3 is 24.7 Å². The van der Waals surface area contributed by atoms with Crippen LogP contribution < -0.4 is 20.6 Å². The molecule has 26 heavy (non-hydrogen) atoms. The fourth-order valence-corrected chi connectivity index (χ4v) is 2.81. The van der Waals surface area contributed by atoms with Gasteiger partial charge in [0, 0.05) is 6.07 Å². The van der Waals surface area contributed by atoms with Gasteiger partial charge in [0.1, 0.15) is 29.8 Å². The van der Waals surface area contributed by atoms with Crippen molar-refractivity contribution in [1.29, 1.82) is 5.26 Å². The van der Waals surface area contributed by atoms with Crippen LogP contribution in [-0.4, -0.2) is 11.2 Å². The lowest BCUT2D eigenvalue weighted by atomic mass is 9.87. The van der Waals surface area contributed by atoms with Crippen molar-refractivity contribution in [2.45, 2.75) is 32.5 Å². The molecule has 0 saturated carbocycles. The van der Waals surface area contributed by atoms with Gasteiger partial charge in [-0.25, -0.2) is 0 Å². The first kappa shape index (κ1) is 17.6. The molecule has 2 heterocycles. The van der Waals surface area contributed by atoms with E-state index in [4.69, 9.17) is 19.6 Å². The second kappa shape index (κ2) is 6.94. The molecule has 0 bridgehead atoms. The minimum atomic E-state index is -0.712. The Kier molecular flexibility index (Phi) is 4.69.